The normalized spacial score (nSPS) is 15.2. The van der Waals surface area contributed by atoms with Crippen LogP contribution in [-0.4, -0.2) is 21.8 Å². The van der Waals surface area contributed by atoms with E-state index in [1.807, 2.05) is 6.07 Å². The molecule has 1 fully saturated rings. The van der Waals surface area contributed by atoms with Crippen molar-refractivity contribution in [3.8, 4) is 11.1 Å². The lowest BCUT2D eigenvalue weighted by atomic mass is 9.97. The van der Waals surface area contributed by atoms with Crippen molar-refractivity contribution in [3.63, 3.8) is 0 Å². The zero-order valence-electron chi connectivity index (χ0n) is 17.3. The van der Waals surface area contributed by atoms with Crippen LogP contribution in [0.5, 0.6) is 0 Å². The summed E-state index contributed by atoms with van der Waals surface area (Å²) in [5.74, 6) is 0. The summed E-state index contributed by atoms with van der Waals surface area (Å²) in [4.78, 5) is 3.38. The Hall–Kier alpha value is -2.95. The number of nitrogens with two attached hydrogens (primary N) is 2. The lowest BCUT2D eigenvalue weighted by Crippen LogP contribution is -2.33. The lowest BCUT2D eigenvalue weighted by molar-refractivity contribution is 0.534. The maximum Gasteiger partial charge on any atom is 0.239 e. The predicted octanol–water partition coefficient (Wildman–Crippen LogP) is 1.14. The van der Waals surface area contributed by atoms with Crippen LogP contribution < -0.4 is 32.8 Å². The molecule has 0 radical (unpaired) electrons. The quantitative estimate of drug-likeness (QED) is 0.225. The summed E-state index contributed by atoms with van der Waals surface area (Å²) in [6, 6.07) is 15.8. The number of anilines is 1. The molecule has 0 spiro atoms. The SMILES string of the molecule is Nc1nc2c(-c3ccc(S(=O)(=O)c4ccccc4)c(S(N)(=O)=O)c3C3NNNN3)cccc2s1. The third-order valence-corrected chi connectivity index (χ3v) is 9.10. The van der Waals surface area contributed by atoms with Crippen molar-refractivity contribution in [2.45, 2.75) is 20.9 Å². The van der Waals surface area contributed by atoms with Gasteiger partial charge in [-0.05, 0) is 29.8 Å². The molecule has 34 heavy (non-hydrogen) atoms. The summed E-state index contributed by atoms with van der Waals surface area (Å²) < 4.78 is 53.7. The monoisotopic (exact) mass is 517 g/mol. The number of hydrogen-bond donors (Lipinski definition) is 6. The number of aromatic nitrogens is 1. The number of nitrogen functional groups attached to an aromatic ring is 1. The molecule has 1 aliphatic heterocycles. The van der Waals surface area contributed by atoms with E-state index in [0.29, 0.717) is 21.8 Å². The highest BCUT2D eigenvalue weighted by Crippen LogP contribution is 2.41. The zero-order valence-corrected chi connectivity index (χ0v) is 19.8. The van der Waals surface area contributed by atoms with Gasteiger partial charge >= 0.3 is 0 Å². The van der Waals surface area contributed by atoms with Gasteiger partial charge in [0.25, 0.3) is 0 Å². The second-order valence-electron chi connectivity index (χ2n) is 7.39. The fraction of sp³-hybridized carbons (Fsp3) is 0.0500. The van der Waals surface area contributed by atoms with Gasteiger partial charge in [0.1, 0.15) is 11.1 Å². The number of sulfonamides is 1. The lowest BCUT2D eigenvalue weighted by Gasteiger charge is -2.21. The Kier molecular flexibility index (Phi) is 5.62. The van der Waals surface area contributed by atoms with Crippen LogP contribution in [-0.2, 0) is 19.9 Å². The molecule has 0 unspecified atom stereocenters. The molecule has 0 bridgehead atoms. The highest BCUT2D eigenvalue weighted by atomic mass is 32.2. The zero-order chi connectivity index (χ0) is 24.1. The molecular formula is C20H19N7O4S3. The van der Waals surface area contributed by atoms with E-state index >= 15 is 0 Å². The molecule has 176 valence electrons. The second-order valence-corrected chi connectivity index (χ2v) is 11.9. The van der Waals surface area contributed by atoms with Crippen molar-refractivity contribution < 1.29 is 16.8 Å². The van der Waals surface area contributed by atoms with Gasteiger partial charge in [-0.1, -0.05) is 47.7 Å². The molecule has 0 atom stereocenters. The minimum atomic E-state index is -4.53. The van der Waals surface area contributed by atoms with E-state index in [1.54, 1.807) is 36.4 Å². The Balaban J connectivity index is 1.88. The fourth-order valence-corrected chi connectivity index (χ4v) is 7.60. The van der Waals surface area contributed by atoms with Crippen LogP contribution in [0.3, 0.4) is 0 Å². The van der Waals surface area contributed by atoms with E-state index in [-0.39, 0.29) is 10.5 Å². The average molecular weight is 518 g/mol. The molecular weight excluding hydrogens is 498 g/mol. The Morgan fingerprint density at radius 2 is 1.56 bits per heavy atom. The molecule has 0 amide bonds. The van der Waals surface area contributed by atoms with E-state index in [2.05, 4.69) is 26.9 Å². The van der Waals surface area contributed by atoms with Crippen LogP contribution in [0.4, 0.5) is 5.13 Å². The Morgan fingerprint density at radius 1 is 0.853 bits per heavy atom. The Morgan fingerprint density at radius 3 is 2.24 bits per heavy atom. The topological polar surface area (TPSA) is 181 Å². The van der Waals surface area contributed by atoms with Gasteiger partial charge in [0.05, 0.1) is 20.0 Å². The van der Waals surface area contributed by atoms with E-state index in [0.717, 1.165) is 4.70 Å². The smallest absolute Gasteiger partial charge is 0.239 e. The van der Waals surface area contributed by atoms with Crippen LogP contribution >= 0.6 is 11.3 Å². The Bertz CT molecular complexity index is 1610. The standard InChI is InChI=1S/C20H19N7O4S3/c21-20-23-17-13(7-4-8-14(17)32-20)12-9-10-15(33(28,29)11-5-2-1-3-6-11)18(34(22,30)31)16(12)19-24-26-27-25-19/h1-10,19,24-27H,(H2,21,23)(H2,22,30,31). The van der Waals surface area contributed by atoms with Crippen molar-refractivity contribution in [1.82, 2.24) is 26.9 Å². The summed E-state index contributed by atoms with van der Waals surface area (Å²) >= 11 is 1.29. The van der Waals surface area contributed by atoms with Crippen molar-refractivity contribution in [1.29, 1.82) is 0 Å². The minimum Gasteiger partial charge on any atom is -0.375 e. The van der Waals surface area contributed by atoms with E-state index < -0.39 is 35.8 Å². The highest BCUT2D eigenvalue weighted by molar-refractivity contribution is 7.93. The largest absolute Gasteiger partial charge is 0.375 e. The van der Waals surface area contributed by atoms with Crippen LogP contribution in [0.25, 0.3) is 21.3 Å². The number of para-hydroxylation sites is 1. The molecule has 0 saturated carbocycles. The third-order valence-electron chi connectivity index (χ3n) is 5.30. The van der Waals surface area contributed by atoms with Crippen molar-refractivity contribution in [3.05, 3.63) is 66.2 Å². The predicted molar refractivity (Wildman–Crippen MR) is 128 cm³/mol. The number of thiazole rings is 1. The molecule has 14 heteroatoms. The number of nitrogens with one attached hydrogen (secondary N) is 4. The third kappa shape index (κ3) is 3.85. The number of rotatable bonds is 5. The van der Waals surface area contributed by atoms with Gasteiger partial charge < -0.3 is 5.73 Å². The molecule has 4 aromatic rings. The number of benzene rings is 3. The molecule has 5 rings (SSSR count). The molecule has 0 aliphatic carbocycles. The van der Waals surface area contributed by atoms with Crippen molar-refractivity contribution in [2.24, 2.45) is 5.14 Å². The number of hydrogen-bond acceptors (Lipinski definition) is 11. The van der Waals surface area contributed by atoms with Crippen LogP contribution in [0.15, 0.2) is 75.4 Å². The summed E-state index contributed by atoms with van der Waals surface area (Å²) in [7, 11) is -8.76. The number of nitrogens with zero attached hydrogens (tertiary/aromatic N) is 1. The summed E-state index contributed by atoms with van der Waals surface area (Å²) in [5, 5.41) is 5.99. The second kappa shape index (κ2) is 8.37. The fourth-order valence-electron chi connectivity index (χ4n) is 3.91. The molecule has 2 heterocycles. The first-order valence-corrected chi connectivity index (χ1v) is 13.7. The molecule has 1 aliphatic rings. The maximum absolute atomic E-state index is 13.5. The van der Waals surface area contributed by atoms with E-state index in [9.17, 15) is 16.8 Å². The number of hydrazine groups is 3. The first-order valence-electron chi connectivity index (χ1n) is 9.84. The molecule has 11 nitrogen and oxygen atoms in total. The van der Waals surface area contributed by atoms with Gasteiger partial charge in [0, 0.05) is 11.1 Å². The highest BCUT2D eigenvalue weighted by Gasteiger charge is 2.35. The number of fused-ring (bicyclic) bond motifs is 1. The Labute approximate surface area is 199 Å². The molecule has 8 N–H and O–H groups in total. The first kappa shape index (κ1) is 22.8. The first-order chi connectivity index (χ1) is 16.2. The van der Waals surface area contributed by atoms with Gasteiger partial charge in [-0.2, -0.15) is 11.1 Å². The average Bonchev–Trinajstić information content (AvgIpc) is 3.47. The van der Waals surface area contributed by atoms with Crippen molar-refractivity contribution >= 4 is 46.5 Å². The van der Waals surface area contributed by atoms with Gasteiger partial charge in [-0.3, -0.25) is 0 Å². The van der Waals surface area contributed by atoms with Gasteiger partial charge in [0.15, 0.2) is 5.13 Å². The molecule has 3 aromatic carbocycles. The van der Waals surface area contributed by atoms with Crippen LogP contribution in [0, 0.1) is 0 Å². The van der Waals surface area contributed by atoms with E-state index in [4.69, 9.17) is 10.9 Å². The van der Waals surface area contributed by atoms with Crippen LogP contribution in [0.2, 0.25) is 0 Å². The summed E-state index contributed by atoms with van der Waals surface area (Å²) in [6.45, 7) is 0. The summed E-state index contributed by atoms with van der Waals surface area (Å²) in [5.41, 5.74) is 18.5. The van der Waals surface area contributed by atoms with Crippen molar-refractivity contribution in [2.75, 3.05) is 5.73 Å². The molecule has 1 saturated heterocycles. The van der Waals surface area contributed by atoms with Gasteiger partial charge in [-0.25, -0.2) is 37.8 Å². The number of sulfone groups is 1. The maximum atomic E-state index is 13.5. The summed E-state index contributed by atoms with van der Waals surface area (Å²) in [6.07, 6.45) is -0.861. The molecule has 1 aromatic heterocycles. The van der Waals surface area contributed by atoms with Gasteiger partial charge in [-0.15, -0.1) is 0 Å². The number of primary sulfonamides is 1. The van der Waals surface area contributed by atoms with Crippen LogP contribution in [0.1, 0.15) is 11.7 Å². The van der Waals surface area contributed by atoms with Gasteiger partial charge in [0.2, 0.25) is 19.9 Å². The van der Waals surface area contributed by atoms with E-state index in [1.165, 1.54) is 29.5 Å². The minimum absolute atomic E-state index is 0.0587.